The lowest BCUT2D eigenvalue weighted by Gasteiger charge is -2.25. The summed E-state index contributed by atoms with van der Waals surface area (Å²) in [6.07, 6.45) is 0.642. The van der Waals surface area contributed by atoms with Gasteiger partial charge in [-0.25, -0.2) is 0 Å². The Morgan fingerprint density at radius 3 is 2.91 bits per heavy atom. The average Bonchev–Trinajstić information content (AvgIpc) is 2.55. The second-order valence-electron chi connectivity index (χ2n) is 5.15. The van der Waals surface area contributed by atoms with E-state index in [-0.39, 0.29) is 11.8 Å². The molecule has 0 spiro atoms. The Bertz CT molecular complexity index is 702. The van der Waals surface area contributed by atoms with Crippen LogP contribution in [0.3, 0.4) is 0 Å². The predicted molar refractivity (Wildman–Crippen MR) is 88.5 cm³/mol. The van der Waals surface area contributed by atoms with Crippen LogP contribution in [0.4, 0.5) is 5.69 Å². The van der Waals surface area contributed by atoms with Gasteiger partial charge in [-0.05, 0) is 58.2 Å². The predicted octanol–water partition coefficient (Wildman–Crippen LogP) is 3.65. The minimum absolute atomic E-state index is 0.0413. The number of carbonyl (C=O) groups excluding carboxylic acids is 1. The molecular formula is C17H16BrNO3. The highest BCUT2D eigenvalue weighted by Gasteiger charge is 2.26. The zero-order valence-corrected chi connectivity index (χ0v) is 13.7. The number of halogens is 1. The molecule has 1 heterocycles. The highest BCUT2D eigenvalue weighted by Crippen LogP contribution is 2.31. The van der Waals surface area contributed by atoms with Crippen molar-refractivity contribution < 1.29 is 14.3 Å². The van der Waals surface area contributed by atoms with Gasteiger partial charge in [-0.15, -0.1) is 0 Å². The molecule has 0 aromatic heterocycles. The van der Waals surface area contributed by atoms with Gasteiger partial charge in [0.15, 0.2) is 0 Å². The number of nitrogens with one attached hydrogen (secondary N) is 1. The van der Waals surface area contributed by atoms with Crippen molar-refractivity contribution in [1.82, 2.24) is 0 Å². The molecule has 2 aromatic carbocycles. The molecule has 0 aliphatic carbocycles. The lowest BCUT2D eigenvalue weighted by Crippen LogP contribution is -2.32. The fraction of sp³-hybridized carbons (Fsp3) is 0.235. The number of carbonyl (C=O) groups is 1. The van der Waals surface area contributed by atoms with E-state index in [0.717, 1.165) is 27.2 Å². The molecule has 0 saturated heterocycles. The molecule has 0 radical (unpaired) electrons. The lowest BCUT2D eigenvalue weighted by atomic mass is 9.95. The van der Waals surface area contributed by atoms with Crippen LogP contribution in [0.5, 0.6) is 11.5 Å². The van der Waals surface area contributed by atoms with Gasteiger partial charge in [-0.1, -0.05) is 12.1 Å². The van der Waals surface area contributed by atoms with E-state index < -0.39 is 0 Å². The lowest BCUT2D eigenvalue weighted by molar-refractivity contribution is -0.121. The van der Waals surface area contributed by atoms with Crippen LogP contribution in [-0.4, -0.2) is 19.6 Å². The summed E-state index contributed by atoms with van der Waals surface area (Å²) in [5, 5.41) is 2.94. The van der Waals surface area contributed by atoms with Crippen molar-refractivity contribution in [1.29, 1.82) is 0 Å². The standard InChI is InChI=1S/C17H16BrNO3/c1-21-13-6-7-16-11(9-13)8-12(10-22-16)17(20)19-15-5-3-2-4-14(15)18/h2-7,9,12H,8,10H2,1H3,(H,19,20)/t12-/m0/s1. The Kier molecular flexibility index (Phi) is 4.34. The molecule has 4 nitrogen and oxygen atoms in total. The number of rotatable bonds is 3. The molecule has 2 aromatic rings. The molecule has 1 N–H and O–H groups in total. The SMILES string of the molecule is COc1ccc2c(c1)C[C@H](C(=O)Nc1ccccc1Br)CO2. The summed E-state index contributed by atoms with van der Waals surface area (Å²) in [7, 11) is 1.63. The highest BCUT2D eigenvalue weighted by atomic mass is 79.9. The number of ether oxygens (including phenoxy) is 2. The van der Waals surface area contributed by atoms with E-state index in [1.807, 2.05) is 42.5 Å². The third-order valence-electron chi connectivity index (χ3n) is 3.68. The first-order chi connectivity index (χ1) is 10.7. The molecule has 22 heavy (non-hydrogen) atoms. The third kappa shape index (κ3) is 3.09. The van der Waals surface area contributed by atoms with E-state index in [4.69, 9.17) is 9.47 Å². The first kappa shape index (κ1) is 14.9. The van der Waals surface area contributed by atoms with Gasteiger partial charge in [0.25, 0.3) is 0 Å². The summed E-state index contributed by atoms with van der Waals surface area (Å²) in [6.45, 7) is 0.385. The summed E-state index contributed by atoms with van der Waals surface area (Å²) >= 11 is 3.43. The van der Waals surface area contributed by atoms with Gasteiger partial charge in [0.1, 0.15) is 18.1 Å². The molecular weight excluding hydrogens is 346 g/mol. The topological polar surface area (TPSA) is 47.6 Å². The van der Waals surface area contributed by atoms with Gasteiger partial charge in [0.2, 0.25) is 5.91 Å². The molecule has 114 valence electrons. The van der Waals surface area contributed by atoms with E-state index in [1.54, 1.807) is 7.11 Å². The van der Waals surface area contributed by atoms with Crippen LogP contribution in [0.15, 0.2) is 46.9 Å². The zero-order valence-electron chi connectivity index (χ0n) is 12.1. The highest BCUT2D eigenvalue weighted by molar-refractivity contribution is 9.10. The number of hydrogen-bond donors (Lipinski definition) is 1. The Labute approximate surface area is 137 Å². The Hall–Kier alpha value is -2.01. The summed E-state index contributed by atoms with van der Waals surface area (Å²) in [6, 6.07) is 13.2. The van der Waals surface area contributed by atoms with E-state index >= 15 is 0 Å². The molecule has 1 atom stereocenters. The van der Waals surface area contributed by atoms with E-state index in [9.17, 15) is 4.79 Å². The first-order valence-corrected chi connectivity index (χ1v) is 7.82. The number of para-hydroxylation sites is 1. The molecule has 3 rings (SSSR count). The van der Waals surface area contributed by atoms with E-state index in [2.05, 4.69) is 21.2 Å². The summed E-state index contributed by atoms with van der Waals surface area (Å²) in [5.74, 6) is 1.34. The largest absolute Gasteiger partial charge is 0.497 e. The number of methoxy groups -OCH3 is 1. The Morgan fingerprint density at radius 1 is 1.32 bits per heavy atom. The summed E-state index contributed by atoms with van der Waals surface area (Å²) < 4.78 is 11.8. The van der Waals surface area contributed by atoms with Crippen LogP contribution in [0.2, 0.25) is 0 Å². The monoisotopic (exact) mass is 361 g/mol. The molecule has 5 heteroatoms. The zero-order chi connectivity index (χ0) is 15.5. The smallest absolute Gasteiger partial charge is 0.231 e. The van der Waals surface area contributed by atoms with Gasteiger partial charge in [0, 0.05) is 4.47 Å². The first-order valence-electron chi connectivity index (χ1n) is 7.02. The van der Waals surface area contributed by atoms with Crippen LogP contribution >= 0.6 is 15.9 Å². The number of benzene rings is 2. The van der Waals surface area contributed by atoms with Gasteiger partial charge >= 0.3 is 0 Å². The number of anilines is 1. The molecule has 1 aliphatic rings. The maximum absolute atomic E-state index is 12.4. The minimum atomic E-state index is -0.216. The average molecular weight is 362 g/mol. The number of fused-ring (bicyclic) bond motifs is 1. The van der Waals surface area contributed by atoms with E-state index in [1.165, 1.54) is 0 Å². The van der Waals surface area contributed by atoms with Crippen molar-refractivity contribution in [2.24, 2.45) is 5.92 Å². The molecule has 0 fully saturated rings. The third-order valence-corrected chi connectivity index (χ3v) is 4.37. The summed E-state index contributed by atoms with van der Waals surface area (Å²) in [5.41, 5.74) is 1.77. The van der Waals surface area contributed by atoms with Crippen molar-refractivity contribution in [2.45, 2.75) is 6.42 Å². The Morgan fingerprint density at radius 2 is 2.14 bits per heavy atom. The van der Waals surface area contributed by atoms with Crippen LogP contribution in [0, 0.1) is 5.92 Å². The maximum atomic E-state index is 12.4. The molecule has 0 bridgehead atoms. The van der Waals surface area contributed by atoms with Crippen molar-refractivity contribution in [3.63, 3.8) is 0 Å². The van der Waals surface area contributed by atoms with Crippen LogP contribution in [0.25, 0.3) is 0 Å². The van der Waals surface area contributed by atoms with Gasteiger partial charge in [-0.2, -0.15) is 0 Å². The number of hydrogen-bond acceptors (Lipinski definition) is 3. The number of amides is 1. The normalized spacial score (nSPS) is 16.4. The Balaban J connectivity index is 1.73. The maximum Gasteiger partial charge on any atom is 0.231 e. The molecule has 1 amide bonds. The van der Waals surface area contributed by atoms with Crippen molar-refractivity contribution >= 4 is 27.5 Å². The van der Waals surface area contributed by atoms with Crippen LogP contribution < -0.4 is 14.8 Å². The van der Waals surface area contributed by atoms with Gasteiger partial charge in [0.05, 0.1) is 18.7 Å². The van der Waals surface area contributed by atoms with Crippen molar-refractivity contribution in [2.75, 3.05) is 19.0 Å². The second kappa shape index (κ2) is 6.40. The quantitative estimate of drug-likeness (QED) is 0.907. The fourth-order valence-corrected chi connectivity index (χ4v) is 2.85. The minimum Gasteiger partial charge on any atom is -0.497 e. The molecule has 0 unspecified atom stereocenters. The van der Waals surface area contributed by atoms with Gasteiger partial charge in [-0.3, -0.25) is 4.79 Å². The van der Waals surface area contributed by atoms with Crippen LogP contribution in [-0.2, 0) is 11.2 Å². The fourth-order valence-electron chi connectivity index (χ4n) is 2.46. The van der Waals surface area contributed by atoms with Gasteiger partial charge < -0.3 is 14.8 Å². The van der Waals surface area contributed by atoms with E-state index in [0.29, 0.717) is 13.0 Å². The van der Waals surface area contributed by atoms with Crippen molar-refractivity contribution in [3.05, 3.63) is 52.5 Å². The summed E-state index contributed by atoms with van der Waals surface area (Å²) in [4.78, 5) is 12.4. The molecule has 1 aliphatic heterocycles. The van der Waals surface area contributed by atoms with Crippen LogP contribution in [0.1, 0.15) is 5.56 Å². The van der Waals surface area contributed by atoms with Crippen molar-refractivity contribution in [3.8, 4) is 11.5 Å². The second-order valence-corrected chi connectivity index (χ2v) is 6.01. The molecule has 0 saturated carbocycles.